The van der Waals surface area contributed by atoms with E-state index in [4.69, 9.17) is 0 Å². The van der Waals surface area contributed by atoms with Crippen LogP contribution in [0.1, 0.15) is 15.9 Å². The van der Waals surface area contributed by atoms with Crippen LogP contribution >= 0.6 is 0 Å². The van der Waals surface area contributed by atoms with Gasteiger partial charge in [-0.05, 0) is 18.1 Å². The molecule has 2 heterocycles. The van der Waals surface area contributed by atoms with E-state index in [1.165, 1.54) is 10.5 Å². The number of nitrogens with one attached hydrogen (secondary N) is 2. The van der Waals surface area contributed by atoms with Gasteiger partial charge in [-0.3, -0.25) is 14.2 Å². The van der Waals surface area contributed by atoms with Gasteiger partial charge < -0.3 is 5.32 Å². The lowest BCUT2D eigenvalue weighted by atomic mass is 10.1. The first-order valence-corrected chi connectivity index (χ1v) is 10.6. The number of carbonyl (C=O) groups excluding carboxylic acids is 1. The van der Waals surface area contributed by atoms with E-state index in [1.807, 2.05) is 54.6 Å². The van der Waals surface area contributed by atoms with Crippen molar-refractivity contribution in [3.63, 3.8) is 0 Å². The van der Waals surface area contributed by atoms with Gasteiger partial charge in [0, 0.05) is 18.7 Å². The number of sulfonamides is 1. The van der Waals surface area contributed by atoms with Gasteiger partial charge in [-0.15, -0.1) is 0 Å². The SMILES string of the molecule is O=C(NCCS(=O)(=O)N1CCc2ccccc21)c1cn[nH]c1-c1ccccc1. The van der Waals surface area contributed by atoms with Crippen LogP contribution in [0.3, 0.4) is 0 Å². The van der Waals surface area contributed by atoms with Gasteiger partial charge in [0.2, 0.25) is 10.0 Å². The van der Waals surface area contributed by atoms with E-state index in [-0.39, 0.29) is 18.2 Å². The number of H-pyrrole nitrogens is 1. The Balaban J connectivity index is 1.41. The number of anilines is 1. The topological polar surface area (TPSA) is 95.2 Å². The van der Waals surface area contributed by atoms with Crippen LogP contribution in [0.25, 0.3) is 11.3 Å². The molecule has 1 aromatic heterocycles. The van der Waals surface area contributed by atoms with E-state index in [0.717, 1.165) is 16.8 Å². The monoisotopic (exact) mass is 396 g/mol. The molecular formula is C20H20N4O3S. The van der Waals surface area contributed by atoms with Crippen LogP contribution in [0.5, 0.6) is 0 Å². The molecule has 1 amide bonds. The maximum Gasteiger partial charge on any atom is 0.255 e. The lowest BCUT2D eigenvalue weighted by Gasteiger charge is -2.19. The van der Waals surface area contributed by atoms with Gasteiger partial charge >= 0.3 is 0 Å². The molecule has 0 spiro atoms. The summed E-state index contributed by atoms with van der Waals surface area (Å²) in [7, 11) is -3.50. The van der Waals surface area contributed by atoms with Crippen molar-refractivity contribution in [1.82, 2.24) is 15.5 Å². The number of nitrogens with zero attached hydrogens (tertiary/aromatic N) is 2. The Bertz CT molecular complexity index is 1090. The standard InChI is InChI=1S/C20H20N4O3S/c25-20(17-14-22-23-19(17)16-7-2-1-3-8-16)21-11-13-28(26,27)24-12-10-15-6-4-5-9-18(15)24/h1-9,14H,10-13H2,(H,21,25)(H,22,23). The molecule has 3 aromatic rings. The summed E-state index contributed by atoms with van der Waals surface area (Å²) in [5.74, 6) is -0.518. The highest BCUT2D eigenvalue weighted by Crippen LogP contribution is 2.29. The Labute approximate surface area is 163 Å². The summed E-state index contributed by atoms with van der Waals surface area (Å²) in [6, 6.07) is 16.9. The summed E-state index contributed by atoms with van der Waals surface area (Å²) in [6.07, 6.45) is 2.15. The Morgan fingerprint density at radius 3 is 2.68 bits per heavy atom. The Hall–Kier alpha value is -3.13. The van der Waals surface area contributed by atoms with Gasteiger partial charge in [0.05, 0.1) is 28.9 Å². The van der Waals surface area contributed by atoms with E-state index < -0.39 is 10.0 Å². The molecule has 4 rings (SSSR count). The van der Waals surface area contributed by atoms with E-state index in [0.29, 0.717) is 24.2 Å². The van der Waals surface area contributed by atoms with Crippen LogP contribution in [0, 0.1) is 0 Å². The van der Waals surface area contributed by atoms with Gasteiger partial charge in [-0.25, -0.2) is 8.42 Å². The third kappa shape index (κ3) is 3.50. The van der Waals surface area contributed by atoms with Crippen molar-refractivity contribution >= 4 is 21.6 Å². The van der Waals surface area contributed by atoms with Crippen molar-refractivity contribution in [2.45, 2.75) is 6.42 Å². The van der Waals surface area contributed by atoms with Crippen LogP contribution in [-0.2, 0) is 16.4 Å². The summed E-state index contributed by atoms with van der Waals surface area (Å²) >= 11 is 0. The molecule has 0 saturated carbocycles. The first-order chi connectivity index (χ1) is 13.6. The Morgan fingerprint density at radius 1 is 1.11 bits per heavy atom. The molecule has 1 aliphatic rings. The zero-order valence-electron chi connectivity index (χ0n) is 15.1. The number of benzene rings is 2. The fourth-order valence-electron chi connectivity index (χ4n) is 3.38. The van der Waals surface area contributed by atoms with Gasteiger partial charge in [-0.2, -0.15) is 5.10 Å². The minimum Gasteiger partial charge on any atom is -0.351 e. The minimum absolute atomic E-state index is 0.0270. The number of para-hydroxylation sites is 1. The number of aromatic amines is 1. The molecule has 0 atom stereocenters. The van der Waals surface area contributed by atoms with Crippen molar-refractivity contribution in [3.8, 4) is 11.3 Å². The fraction of sp³-hybridized carbons (Fsp3) is 0.200. The lowest BCUT2D eigenvalue weighted by Crippen LogP contribution is -2.37. The molecule has 0 fully saturated rings. The largest absolute Gasteiger partial charge is 0.351 e. The van der Waals surface area contributed by atoms with E-state index in [9.17, 15) is 13.2 Å². The third-order valence-corrected chi connectivity index (χ3v) is 6.54. The molecule has 0 aliphatic carbocycles. The number of carbonyl (C=O) groups is 1. The first-order valence-electron chi connectivity index (χ1n) is 9.01. The van der Waals surface area contributed by atoms with Crippen molar-refractivity contribution in [1.29, 1.82) is 0 Å². The minimum atomic E-state index is -3.50. The quantitative estimate of drug-likeness (QED) is 0.668. The molecule has 2 N–H and O–H groups in total. The summed E-state index contributed by atoms with van der Waals surface area (Å²) in [5, 5.41) is 9.47. The van der Waals surface area contributed by atoms with E-state index >= 15 is 0 Å². The van der Waals surface area contributed by atoms with Crippen LogP contribution in [0.2, 0.25) is 0 Å². The molecule has 0 radical (unpaired) electrons. The molecular weight excluding hydrogens is 376 g/mol. The van der Waals surface area contributed by atoms with Gasteiger partial charge in [-0.1, -0.05) is 48.5 Å². The van der Waals surface area contributed by atoms with Crippen molar-refractivity contribution in [3.05, 3.63) is 71.9 Å². The highest BCUT2D eigenvalue weighted by Gasteiger charge is 2.28. The average molecular weight is 396 g/mol. The first kappa shape index (κ1) is 18.2. The number of fused-ring (bicyclic) bond motifs is 1. The van der Waals surface area contributed by atoms with Crippen molar-refractivity contribution < 1.29 is 13.2 Å². The van der Waals surface area contributed by atoms with E-state index in [1.54, 1.807) is 0 Å². The summed E-state index contributed by atoms with van der Waals surface area (Å²) in [4.78, 5) is 12.5. The molecule has 0 bridgehead atoms. The lowest BCUT2D eigenvalue weighted by molar-refractivity contribution is 0.0957. The molecule has 144 valence electrons. The maximum atomic E-state index is 12.7. The molecule has 7 nitrogen and oxygen atoms in total. The Kier molecular flexibility index (Phi) is 4.87. The number of rotatable bonds is 6. The van der Waals surface area contributed by atoms with E-state index in [2.05, 4.69) is 15.5 Å². The van der Waals surface area contributed by atoms with Crippen LogP contribution in [-0.4, -0.2) is 43.4 Å². The van der Waals surface area contributed by atoms with Crippen LogP contribution in [0.15, 0.2) is 60.8 Å². The molecule has 8 heteroatoms. The highest BCUT2D eigenvalue weighted by molar-refractivity contribution is 7.92. The van der Waals surface area contributed by atoms with Gasteiger partial charge in [0.1, 0.15) is 0 Å². The zero-order chi connectivity index (χ0) is 19.6. The normalized spacial score (nSPS) is 13.4. The van der Waals surface area contributed by atoms with Crippen molar-refractivity contribution in [2.75, 3.05) is 23.1 Å². The third-order valence-electron chi connectivity index (χ3n) is 4.77. The predicted molar refractivity (Wildman–Crippen MR) is 108 cm³/mol. The summed E-state index contributed by atoms with van der Waals surface area (Å²) in [6.45, 7) is 0.467. The molecule has 2 aromatic carbocycles. The molecule has 1 aliphatic heterocycles. The number of amides is 1. The Morgan fingerprint density at radius 2 is 1.86 bits per heavy atom. The second kappa shape index (κ2) is 7.47. The second-order valence-electron chi connectivity index (χ2n) is 6.55. The second-order valence-corrected chi connectivity index (χ2v) is 8.56. The van der Waals surface area contributed by atoms with Crippen LogP contribution in [0.4, 0.5) is 5.69 Å². The summed E-state index contributed by atoms with van der Waals surface area (Å²) < 4.78 is 26.8. The summed E-state index contributed by atoms with van der Waals surface area (Å²) in [5.41, 5.74) is 3.59. The number of hydrogen-bond acceptors (Lipinski definition) is 4. The van der Waals surface area contributed by atoms with Gasteiger partial charge in [0.25, 0.3) is 5.91 Å². The van der Waals surface area contributed by atoms with Crippen LogP contribution < -0.4 is 9.62 Å². The molecule has 0 unspecified atom stereocenters. The zero-order valence-corrected chi connectivity index (χ0v) is 15.9. The fourth-order valence-corrected chi connectivity index (χ4v) is 4.81. The van der Waals surface area contributed by atoms with Gasteiger partial charge in [0.15, 0.2) is 0 Å². The predicted octanol–water partition coefficient (Wildman–Crippen LogP) is 2.20. The number of aromatic nitrogens is 2. The van der Waals surface area contributed by atoms with Crippen molar-refractivity contribution in [2.24, 2.45) is 0 Å². The molecule has 28 heavy (non-hydrogen) atoms. The highest BCUT2D eigenvalue weighted by atomic mass is 32.2. The smallest absolute Gasteiger partial charge is 0.255 e. The number of hydrogen-bond donors (Lipinski definition) is 2. The average Bonchev–Trinajstić information content (AvgIpc) is 3.36. The molecule has 0 saturated heterocycles. The maximum absolute atomic E-state index is 12.7.